The summed E-state index contributed by atoms with van der Waals surface area (Å²) in [6.07, 6.45) is -0.571. The quantitative estimate of drug-likeness (QED) is 0.0144. The third-order valence-electron chi connectivity index (χ3n) is 17.8. The number of imide groups is 1. The normalized spacial score (nSPS) is 22.2. The van der Waals surface area contributed by atoms with Crippen LogP contribution in [-0.4, -0.2) is 320 Å². The average Bonchev–Trinajstić information content (AvgIpc) is 1.62. The lowest BCUT2D eigenvalue weighted by Crippen LogP contribution is -2.62. The number of ether oxygens (including phenoxy) is 8. The van der Waals surface area contributed by atoms with Gasteiger partial charge in [0.2, 0.25) is 58.2 Å². The topological polar surface area (TPSA) is 550 Å². The molecule has 42 heteroatoms. The van der Waals surface area contributed by atoms with Crippen LogP contribution >= 0.6 is 11.8 Å². The highest BCUT2D eigenvalue weighted by Crippen LogP contribution is 2.37. The van der Waals surface area contributed by atoms with Crippen molar-refractivity contribution in [2.75, 3.05) is 150 Å². The molecule has 13 amide bonds. The first-order valence-electron chi connectivity index (χ1n) is 35.7. The second-order valence-corrected chi connectivity index (χ2v) is 28.2. The number of primary amides is 1. The Morgan fingerprint density at radius 2 is 1.33 bits per heavy atom. The van der Waals surface area contributed by atoms with Gasteiger partial charge >= 0.3 is 6.03 Å². The number of benzene rings is 1. The van der Waals surface area contributed by atoms with Crippen molar-refractivity contribution in [2.45, 2.75) is 119 Å². The SMILES string of the molecule is CC[C@H](C)[C@@H]1NC(=O)CNC(=O)[C@@H]2Cc3c([nH]c4c(CSCCNC(=O)NCCOCCOCCOCCOCCOCCOCCOCCn5cc(CN6C(=O)C=CC6=O)nn5)c(OC)ccc34)[S+]([O-])C[C@H](NC(=O)CNC1=O)C(=O)N[C@@H](CC(N)=O)C(=O)N1C[C@H](O)C[C@H]1C(=O)N[C@@H]([C@@H](C)[C@@H](O)CO)C(=O)N2. The highest BCUT2D eigenvalue weighted by atomic mass is 32.2. The van der Waals surface area contributed by atoms with Gasteiger partial charge in [-0.1, -0.05) is 32.4 Å². The van der Waals surface area contributed by atoms with Gasteiger partial charge in [-0.15, -0.1) is 5.10 Å². The molecular weight excluding hydrogens is 1480 g/mol. The summed E-state index contributed by atoms with van der Waals surface area (Å²) in [7, 11) is 1.40. The van der Waals surface area contributed by atoms with Crippen LogP contribution in [0, 0.1) is 11.8 Å². The van der Waals surface area contributed by atoms with E-state index in [4.69, 9.17) is 43.6 Å². The fourth-order valence-corrected chi connectivity index (χ4v) is 14.0. The molecule has 1 aromatic carbocycles. The first-order chi connectivity index (χ1) is 52.4. The Morgan fingerprint density at radius 1 is 0.734 bits per heavy atom. The van der Waals surface area contributed by atoms with Crippen molar-refractivity contribution in [1.29, 1.82) is 0 Å². The van der Waals surface area contributed by atoms with Gasteiger partial charge < -0.3 is 121 Å². The first-order valence-corrected chi connectivity index (χ1v) is 38.1. The van der Waals surface area contributed by atoms with Crippen molar-refractivity contribution in [3.05, 3.63) is 47.3 Å². The number of nitrogens with one attached hydrogen (secondary N) is 10. The molecular formula is C67H100N16O24S2. The summed E-state index contributed by atoms with van der Waals surface area (Å²) in [5.74, 6) is -12.1. The Bertz CT molecular complexity index is 3590. The number of carbonyl (C=O) groups is 12. The molecule has 0 aliphatic carbocycles. The lowest BCUT2D eigenvalue weighted by Gasteiger charge is -2.32. The molecule has 7 rings (SSSR count). The van der Waals surface area contributed by atoms with Crippen LogP contribution in [0.4, 0.5) is 4.79 Å². The summed E-state index contributed by atoms with van der Waals surface area (Å²) >= 11 is -1.13. The summed E-state index contributed by atoms with van der Waals surface area (Å²) in [6, 6.07) is -7.60. The van der Waals surface area contributed by atoms with Gasteiger partial charge in [0.15, 0.2) is 6.04 Å². The standard InChI is InChI=1S/C67H100N16O24S2/c1-5-39(2)57-63(95)72-31-53(88)73-48-38-109(99)65-44(29-46(60(92)71-32-54(89)76-57)74-64(96)58(40(3)50(86)36-84)77-62(94)49-28-42(85)35-82(49)66(97)47(30-52(68)87)75-61(48)93)43-6-7-51(100-4)45(59(43)78-65)37-108-27-11-70-67(98)69-10-13-101-15-17-103-19-21-105-23-25-107-26-24-106-22-20-104-18-16-102-14-12-81-33-41(79-80-81)34-83-55(90)8-9-56(83)91/h6-9,33,39-40,42,46-50,57-58,78,84-86H,5,10-32,34-38H2,1-4H3,(H2,68,87)(H,71,92)(H,72,95)(H,73,88)(H,74,96)(H,75,93)(H,76,89)(H,77,94)(H2,69,70,98)/t39-,40-,42+,46-,47-,48-,49-,50-,57-,58-,109?/m0/s1. The Kier molecular flexibility index (Phi) is 36.5. The van der Waals surface area contributed by atoms with Gasteiger partial charge in [-0.05, 0) is 18.1 Å². The number of fused-ring (bicyclic) bond motifs is 5. The van der Waals surface area contributed by atoms with Crippen LogP contribution in [0.2, 0.25) is 0 Å². The molecule has 2 bridgehead atoms. The van der Waals surface area contributed by atoms with Gasteiger partial charge in [-0.3, -0.25) is 57.6 Å². The third kappa shape index (κ3) is 27.4. The number of H-pyrrole nitrogens is 1. The summed E-state index contributed by atoms with van der Waals surface area (Å²) in [5.41, 5.74) is 6.93. The smallest absolute Gasteiger partial charge is 0.314 e. The van der Waals surface area contributed by atoms with Gasteiger partial charge in [0.25, 0.3) is 11.8 Å². The van der Waals surface area contributed by atoms with Crippen LogP contribution in [0.3, 0.4) is 0 Å². The number of urea groups is 1. The van der Waals surface area contributed by atoms with Crippen LogP contribution in [0.25, 0.3) is 10.9 Å². The number of hydrogen-bond acceptors (Lipinski definition) is 27. The average molecular weight is 1580 g/mol. The summed E-state index contributed by atoms with van der Waals surface area (Å²) in [5, 5.41) is 63.1. The highest BCUT2D eigenvalue weighted by molar-refractivity contribution is 7.98. The van der Waals surface area contributed by atoms with Gasteiger partial charge in [0.05, 0.1) is 163 Å². The molecule has 40 nitrogen and oxygen atoms in total. The molecule has 6 heterocycles. The molecule has 0 spiro atoms. The number of thioether (sulfide) groups is 1. The summed E-state index contributed by atoms with van der Waals surface area (Å²) in [6.45, 7) is 7.24. The van der Waals surface area contributed by atoms with Crippen LogP contribution in [0.1, 0.15) is 56.9 Å². The molecule has 11 atom stereocenters. The molecule has 4 aliphatic rings. The predicted molar refractivity (Wildman–Crippen MR) is 385 cm³/mol. The number of amides is 13. The predicted octanol–water partition coefficient (Wildman–Crippen LogP) is -6.25. The van der Waals surface area contributed by atoms with E-state index in [1.54, 1.807) is 36.9 Å². The number of nitrogens with two attached hydrogens (primary N) is 1. The maximum absolute atomic E-state index is 15.4. The van der Waals surface area contributed by atoms with E-state index in [2.05, 4.69) is 63.1 Å². The molecule has 109 heavy (non-hydrogen) atoms. The molecule has 1 unspecified atom stereocenters. The van der Waals surface area contributed by atoms with E-state index in [0.29, 0.717) is 114 Å². The summed E-state index contributed by atoms with van der Waals surface area (Å²) in [4.78, 5) is 169. The van der Waals surface area contributed by atoms with E-state index >= 15 is 4.55 Å². The van der Waals surface area contributed by atoms with Gasteiger partial charge in [0.1, 0.15) is 47.4 Å². The van der Waals surface area contributed by atoms with Crippen LogP contribution in [-0.2, 0) is 122 Å². The van der Waals surface area contributed by atoms with E-state index in [-0.39, 0.29) is 73.1 Å². The minimum absolute atomic E-state index is 0.0529. The molecule has 1 fully saturated rings. The third-order valence-corrected chi connectivity index (χ3v) is 20.2. The minimum atomic E-state index is -2.48. The maximum atomic E-state index is 15.4. The highest BCUT2D eigenvalue weighted by Gasteiger charge is 2.46. The molecule has 4 aliphatic heterocycles. The van der Waals surface area contributed by atoms with Crippen molar-refractivity contribution >= 4 is 105 Å². The van der Waals surface area contributed by atoms with Crippen molar-refractivity contribution in [3.63, 3.8) is 0 Å². The number of rotatable bonds is 39. The maximum Gasteiger partial charge on any atom is 0.314 e. The monoisotopic (exact) mass is 1580 g/mol. The van der Waals surface area contributed by atoms with Crippen LogP contribution in [0.15, 0.2) is 35.5 Å². The fourth-order valence-electron chi connectivity index (χ4n) is 11.7. The van der Waals surface area contributed by atoms with E-state index in [1.807, 2.05) is 0 Å². The molecule has 2 aromatic heterocycles. The van der Waals surface area contributed by atoms with Crippen molar-refractivity contribution in [1.82, 2.24) is 77.6 Å². The first kappa shape index (κ1) is 87.6. The van der Waals surface area contributed by atoms with Gasteiger partial charge in [0, 0.05) is 89.7 Å². The zero-order chi connectivity index (χ0) is 78.9. The molecule has 15 N–H and O–H groups in total. The Morgan fingerprint density at radius 3 is 1.94 bits per heavy atom. The summed E-state index contributed by atoms with van der Waals surface area (Å²) < 4.78 is 61.6. The van der Waals surface area contributed by atoms with Gasteiger partial charge in [-0.25, -0.2) is 9.48 Å². The molecule has 0 saturated carbocycles. The minimum Gasteiger partial charge on any atom is -0.610 e. The number of aliphatic hydroxyl groups is 3. The van der Waals surface area contributed by atoms with E-state index < -0.39 is 182 Å². The molecule has 604 valence electrons. The van der Waals surface area contributed by atoms with E-state index in [0.717, 1.165) is 9.80 Å². The number of nitrogens with zero attached hydrogens (tertiary/aromatic N) is 5. The van der Waals surface area contributed by atoms with Crippen LogP contribution < -0.4 is 58.3 Å². The lowest BCUT2D eigenvalue weighted by atomic mass is 9.93. The lowest BCUT2D eigenvalue weighted by molar-refractivity contribution is -0.144. The van der Waals surface area contributed by atoms with Crippen molar-refractivity contribution < 1.29 is 115 Å². The van der Waals surface area contributed by atoms with Gasteiger partial charge in [-0.2, -0.15) is 11.8 Å². The Balaban J connectivity index is 0.902. The number of hydrogen-bond donors (Lipinski definition) is 14. The largest absolute Gasteiger partial charge is 0.610 e. The second-order valence-electron chi connectivity index (χ2n) is 25.7. The zero-order valence-corrected chi connectivity index (χ0v) is 62.8. The Labute approximate surface area is 635 Å². The van der Waals surface area contributed by atoms with Crippen molar-refractivity contribution in [2.24, 2.45) is 17.6 Å². The molecule has 1 saturated heterocycles. The molecule has 3 aromatic rings. The number of aromatic nitrogens is 4. The number of carbonyl (C=O) groups excluding carboxylic acids is 12. The van der Waals surface area contributed by atoms with E-state index in [9.17, 15) is 72.9 Å². The number of methoxy groups -OCH3 is 1. The second kappa shape index (κ2) is 45.5. The zero-order valence-electron chi connectivity index (χ0n) is 61.2. The molecule has 0 radical (unpaired) electrons. The number of aromatic amines is 1. The van der Waals surface area contributed by atoms with E-state index in [1.165, 1.54) is 37.9 Å². The van der Waals surface area contributed by atoms with Crippen molar-refractivity contribution in [3.8, 4) is 5.75 Å². The fraction of sp³-hybridized carbons (Fsp3) is 0.642. The Hall–Kier alpha value is -8.66. The van der Waals surface area contributed by atoms with Crippen LogP contribution in [0.5, 0.6) is 5.75 Å². The number of aliphatic hydroxyl groups excluding tert-OH is 3.